The van der Waals surface area contributed by atoms with Gasteiger partial charge in [-0.1, -0.05) is 23.7 Å². The Morgan fingerprint density at radius 1 is 1.16 bits per heavy atom. The molecule has 0 atom stereocenters. The van der Waals surface area contributed by atoms with Gasteiger partial charge in [-0.15, -0.1) is 0 Å². The number of amides is 1. The zero-order chi connectivity index (χ0) is 17.2. The normalized spacial score (nSPS) is 15.6. The lowest BCUT2D eigenvalue weighted by Crippen LogP contribution is -2.48. The molecule has 0 unspecified atom stereocenters. The maximum absolute atomic E-state index is 12.8. The van der Waals surface area contributed by atoms with Gasteiger partial charge in [0.1, 0.15) is 5.56 Å². The van der Waals surface area contributed by atoms with E-state index in [0.717, 1.165) is 24.7 Å². The molecule has 2 aromatic heterocycles. The Bertz CT molecular complexity index is 901. The molecule has 1 aliphatic rings. The van der Waals surface area contributed by atoms with Crippen molar-refractivity contribution in [2.75, 3.05) is 26.2 Å². The number of hydrogen-bond donors (Lipinski definition) is 0. The number of fused-ring (bicyclic) bond motifs is 1. The van der Waals surface area contributed by atoms with Crippen LogP contribution < -0.4 is 0 Å². The molecule has 128 valence electrons. The molecule has 1 aromatic carbocycles. The molecule has 0 spiro atoms. The van der Waals surface area contributed by atoms with E-state index in [1.165, 1.54) is 5.56 Å². The summed E-state index contributed by atoms with van der Waals surface area (Å²) in [6, 6.07) is 9.71. The van der Waals surface area contributed by atoms with Crippen LogP contribution in [-0.2, 0) is 6.54 Å². The van der Waals surface area contributed by atoms with Gasteiger partial charge in [-0.25, -0.2) is 9.50 Å². The molecule has 25 heavy (non-hydrogen) atoms. The molecular formula is C18H18ClN5O. The minimum absolute atomic E-state index is 0.00361. The Morgan fingerprint density at radius 3 is 2.80 bits per heavy atom. The largest absolute Gasteiger partial charge is 0.336 e. The van der Waals surface area contributed by atoms with Crippen LogP contribution in [0.3, 0.4) is 0 Å². The summed E-state index contributed by atoms with van der Waals surface area (Å²) < 4.78 is 1.63. The summed E-state index contributed by atoms with van der Waals surface area (Å²) in [7, 11) is 0. The molecule has 1 amide bonds. The lowest BCUT2D eigenvalue weighted by molar-refractivity contribution is 0.0630. The molecule has 4 rings (SSSR count). The van der Waals surface area contributed by atoms with Crippen molar-refractivity contribution < 1.29 is 4.79 Å². The van der Waals surface area contributed by atoms with Gasteiger partial charge in [-0.3, -0.25) is 9.69 Å². The van der Waals surface area contributed by atoms with Crippen LogP contribution in [0.2, 0.25) is 5.02 Å². The van der Waals surface area contributed by atoms with Crippen molar-refractivity contribution in [2.24, 2.45) is 0 Å². The summed E-state index contributed by atoms with van der Waals surface area (Å²) in [6.07, 6.45) is 5.07. The number of hydrogen-bond acceptors (Lipinski definition) is 4. The van der Waals surface area contributed by atoms with Crippen LogP contribution >= 0.6 is 11.6 Å². The summed E-state index contributed by atoms with van der Waals surface area (Å²) in [5.41, 5.74) is 2.36. The lowest BCUT2D eigenvalue weighted by atomic mass is 10.2. The van der Waals surface area contributed by atoms with Gasteiger partial charge in [-0.05, 0) is 23.8 Å². The fraction of sp³-hybridized carbons (Fsp3) is 0.278. The fourth-order valence-electron chi connectivity index (χ4n) is 3.15. The molecule has 1 fully saturated rings. The van der Waals surface area contributed by atoms with Crippen molar-refractivity contribution in [1.29, 1.82) is 0 Å². The van der Waals surface area contributed by atoms with E-state index in [1.54, 1.807) is 29.2 Å². The average Bonchev–Trinajstić information content (AvgIpc) is 3.06. The SMILES string of the molecule is O=C(c1cnn2cccnc12)N1CCN(Cc2cccc(Cl)c2)CC1. The Hall–Kier alpha value is -2.44. The van der Waals surface area contributed by atoms with E-state index in [0.29, 0.717) is 24.3 Å². The van der Waals surface area contributed by atoms with E-state index in [9.17, 15) is 4.79 Å². The molecule has 1 saturated heterocycles. The number of benzene rings is 1. The molecule has 3 heterocycles. The monoisotopic (exact) mass is 355 g/mol. The predicted octanol–water partition coefficient (Wildman–Crippen LogP) is 2.34. The highest BCUT2D eigenvalue weighted by Gasteiger charge is 2.24. The zero-order valence-corrected chi connectivity index (χ0v) is 14.4. The predicted molar refractivity (Wildman–Crippen MR) is 95.6 cm³/mol. The maximum Gasteiger partial charge on any atom is 0.259 e. The maximum atomic E-state index is 12.8. The van der Waals surface area contributed by atoms with Crippen molar-refractivity contribution in [3.63, 3.8) is 0 Å². The van der Waals surface area contributed by atoms with E-state index in [1.807, 2.05) is 23.1 Å². The van der Waals surface area contributed by atoms with E-state index < -0.39 is 0 Å². The van der Waals surface area contributed by atoms with Crippen molar-refractivity contribution in [3.05, 3.63) is 65.1 Å². The summed E-state index contributed by atoms with van der Waals surface area (Å²) >= 11 is 6.05. The van der Waals surface area contributed by atoms with E-state index in [4.69, 9.17) is 11.6 Å². The molecule has 1 aliphatic heterocycles. The average molecular weight is 356 g/mol. The minimum atomic E-state index is -0.00361. The first-order valence-corrected chi connectivity index (χ1v) is 8.63. The van der Waals surface area contributed by atoms with Gasteiger partial charge < -0.3 is 4.90 Å². The van der Waals surface area contributed by atoms with Crippen LogP contribution in [-0.4, -0.2) is 56.5 Å². The highest BCUT2D eigenvalue weighted by atomic mass is 35.5. The highest BCUT2D eigenvalue weighted by molar-refractivity contribution is 6.30. The van der Waals surface area contributed by atoms with Gasteiger partial charge in [-0.2, -0.15) is 5.10 Å². The van der Waals surface area contributed by atoms with Crippen LogP contribution in [0.25, 0.3) is 5.65 Å². The first-order valence-electron chi connectivity index (χ1n) is 8.25. The van der Waals surface area contributed by atoms with Gasteiger partial charge in [0.05, 0.1) is 6.20 Å². The number of nitrogens with zero attached hydrogens (tertiary/aromatic N) is 5. The number of piperazine rings is 1. The number of carbonyl (C=O) groups excluding carboxylic acids is 1. The van der Waals surface area contributed by atoms with Crippen LogP contribution in [0.15, 0.2) is 48.9 Å². The lowest BCUT2D eigenvalue weighted by Gasteiger charge is -2.34. The van der Waals surface area contributed by atoms with Crippen molar-refractivity contribution in [2.45, 2.75) is 6.54 Å². The molecule has 0 N–H and O–H groups in total. The topological polar surface area (TPSA) is 53.7 Å². The fourth-order valence-corrected chi connectivity index (χ4v) is 3.36. The Kier molecular flexibility index (Phi) is 4.38. The second-order valence-electron chi connectivity index (χ2n) is 6.14. The molecule has 0 saturated carbocycles. The first-order chi connectivity index (χ1) is 12.2. The van der Waals surface area contributed by atoms with E-state index >= 15 is 0 Å². The molecule has 7 heteroatoms. The van der Waals surface area contributed by atoms with Gasteiger partial charge >= 0.3 is 0 Å². The Balaban J connectivity index is 1.40. The number of aromatic nitrogens is 3. The standard InChI is InChI=1S/C18H18ClN5O/c19-15-4-1-3-14(11-15)13-22-7-9-23(10-8-22)18(25)16-12-21-24-6-2-5-20-17(16)24/h1-6,11-12H,7-10,13H2. The number of carbonyl (C=O) groups is 1. The van der Waals surface area contributed by atoms with Crippen molar-refractivity contribution in [1.82, 2.24) is 24.4 Å². The summed E-state index contributed by atoms with van der Waals surface area (Å²) in [5, 5.41) is 4.95. The van der Waals surface area contributed by atoms with E-state index in [2.05, 4.69) is 21.0 Å². The highest BCUT2D eigenvalue weighted by Crippen LogP contribution is 2.16. The van der Waals surface area contributed by atoms with Crippen molar-refractivity contribution >= 4 is 23.2 Å². The third-order valence-corrected chi connectivity index (χ3v) is 4.70. The van der Waals surface area contributed by atoms with Gasteiger partial charge in [0.2, 0.25) is 0 Å². The quantitative estimate of drug-likeness (QED) is 0.723. The molecule has 0 bridgehead atoms. The smallest absolute Gasteiger partial charge is 0.259 e. The minimum Gasteiger partial charge on any atom is -0.336 e. The molecular weight excluding hydrogens is 338 g/mol. The van der Waals surface area contributed by atoms with Gasteiger partial charge in [0.15, 0.2) is 5.65 Å². The number of rotatable bonds is 3. The first kappa shape index (κ1) is 16.1. The molecule has 6 nitrogen and oxygen atoms in total. The Morgan fingerprint density at radius 2 is 2.00 bits per heavy atom. The van der Waals surface area contributed by atoms with Crippen LogP contribution in [0, 0.1) is 0 Å². The Labute approximate surface area is 150 Å². The zero-order valence-electron chi connectivity index (χ0n) is 13.7. The molecule has 0 radical (unpaired) electrons. The summed E-state index contributed by atoms with van der Waals surface area (Å²) in [5.74, 6) is -0.00361. The van der Waals surface area contributed by atoms with Crippen LogP contribution in [0.5, 0.6) is 0 Å². The third-order valence-electron chi connectivity index (χ3n) is 4.46. The van der Waals surface area contributed by atoms with Crippen molar-refractivity contribution in [3.8, 4) is 0 Å². The van der Waals surface area contributed by atoms with E-state index in [-0.39, 0.29) is 5.91 Å². The number of halogens is 1. The van der Waals surface area contributed by atoms with Gasteiger partial charge in [0.25, 0.3) is 5.91 Å². The summed E-state index contributed by atoms with van der Waals surface area (Å²) in [4.78, 5) is 21.3. The second-order valence-corrected chi connectivity index (χ2v) is 6.58. The van der Waals surface area contributed by atoms with Gasteiger partial charge in [0, 0.05) is 50.1 Å². The second kappa shape index (κ2) is 6.82. The molecule has 0 aliphatic carbocycles. The summed E-state index contributed by atoms with van der Waals surface area (Å²) in [6.45, 7) is 3.92. The van der Waals surface area contributed by atoms with Crippen LogP contribution in [0.1, 0.15) is 15.9 Å². The molecule has 3 aromatic rings. The van der Waals surface area contributed by atoms with Crippen LogP contribution in [0.4, 0.5) is 0 Å². The third kappa shape index (κ3) is 3.36.